The van der Waals surface area contributed by atoms with E-state index in [4.69, 9.17) is 11.6 Å². The molecule has 2 nitrogen and oxygen atoms in total. The summed E-state index contributed by atoms with van der Waals surface area (Å²) in [6.45, 7) is 0.933. The summed E-state index contributed by atoms with van der Waals surface area (Å²) in [7, 11) is 0. The van der Waals surface area contributed by atoms with Crippen molar-refractivity contribution in [3.8, 4) is 0 Å². The Labute approximate surface area is 95.0 Å². The van der Waals surface area contributed by atoms with Crippen molar-refractivity contribution in [3.05, 3.63) is 28.8 Å². The fourth-order valence-corrected chi connectivity index (χ4v) is 2.87. The van der Waals surface area contributed by atoms with E-state index in [0.29, 0.717) is 0 Å². The Morgan fingerprint density at radius 1 is 1.20 bits per heavy atom. The summed E-state index contributed by atoms with van der Waals surface area (Å²) >= 11 is 5.97. The molecule has 1 aromatic rings. The first-order valence-corrected chi connectivity index (χ1v) is 5.97. The van der Waals surface area contributed by atoms with Crippen LogP contribution in [0.5, 0.6) is 0 Å². The molecular weight excluding hydrogens is 208 g/mol. The van der Waals surface area contributed by atoms with E-state index in [2.05, 4.69) is 16.7 Å². The van der Waals surface area contributed by atoms with Crippen LogP contribution in [0.2, 0.25) is 5.02 Å². The molecule has 80 valence electrons. The average molecular weight is 223 g/mol. The third-order valence-electron chi connectivity index (χ3n) is 3.52. The van der Waals surface area contributed by atoms with Gasteiger partial charge in [-0.15, -0.1) is 0 Å². The predicted octanol–water partition coefficient (Wildman–Crippen LogP) is 3.13. The molecule has 1 aromatic carbocycles. The number of hydrogen-bond donors (Lipinski definition) is 2. The topological polar surface area (TPSA) is 24.1 Å². The third kappa shape index (κ3) is 1.62. The molecule has 3 rings (SSSR count). The summed E-state index contributed by atoms with van der Waals surface area (Å²) in [5, 5.41) is 8.06. The van der Waals surface area contributed by atoms with Crippen LogP contribution in [0, 0.1) is 0 Å². The van der Waals surface area contributed by atoms with Gasteiger partial charge in [0.05, 0.1) is 5.66 Å². The number of benzene rings is 1. The predicted molar refractivity (Wildman–Crippen MR) is 63.1 cm³/mol. The van der Waals surface area contributed by atoms with Gasteiger partial charge >= 0.3 is 0 Å². The highest BCUT2D eigenvalue weighted by molar-refractivity contribution is 6.30. The second-order valence-electron chi connectivity index (χ2n) is 4.57. The SMILES string of the molecule is Clc1ccc2c(c1)CNC1(CCCC1)N2. The number of nitrogens with one attached hydrogen (secondary N) is 2. The van der Waals surface area contributed by atoms with Gasteiger partial charge in [-0.1, -0.05) is 11.6 Å². The molecule has 1 heterocycles. The van der Waals surface area contributed by atoms with Crippen LogP contribution in [-0.4, -0.2) is 5.66 Å². The monoisotopic (exact) mass is 222 g/mol. The van der Waals surface area contributed by atoms with Gasteiger partial charge < -0.3 is 5.32 Å². The molecule has 2 N–H and O–H groups in total. The molecule has 3 heteroatoms. The minimum atomic E-state index is 0.167. The summed E-state index contributed by atoms with van der Waals surface area (Å²) < 4.78 is 0. The van der Waals surface area contributed by atoms with Crippen molar-refractivity contribution in [1.29, 1.82) is 0 Å². The molecule has 0 amide bonds. The standard InChI is InChI=1S/C12H15ClN2/c13-10-3-4-11-9(7-10)8-14-12(15-11)5-1-2-6-12/h3-4,7,14-15H,1-2,5-6,8H2. The molecule has 0 atom stereocenters. The maximum Gasteiger partial charge on any atom is 0.0884 e. The highest BCUT2D eigenvalue weighted by Crippen LogP contribution is 2.36. The van der Waals surface area contributed by atoms with Crippen LogP contribution >= 0.6 is 11.6 Å². The van der Waals surface area contributed by atoms with E-state index in [-0.39, 0.29) is 5.66 Å². The van der Waals surface area contributed by atoms with Crippen molar-refractivity contribution in [2.45, 2.75) is 37.9 Å². The molecule has 1 saturated carbocycles. The number of hydrogen-bond acceptors (Lipinski definition) is 2. The molecule has 1 aliphatic heterocycles. The minimum absolute atomic E-state index is 0.167. The zero-order chi connectivity index (χ0) is 10.3. The van der Waals surface area contributed by atoms with Crippen LogP contribution in [0.1, 0.15) is 31.2 Å². The number of fused-ring (bicyclic) bond motifs is 1. The van der Waals surface area contributed by atoms with Crippen molar-refractivity contribution in [2.24, 2.45) is 0 Å². The average Bonchev–Trinajstić information content (AvgIpc) is 2.67. The zero-order valence-corrected chi connectivity index (χ0v) is 9.40. The van der Waals surface area contributed by atoms with Crippen LogP contribution in [0.3, 0.4) is 0 Å². The van der Waals surface area contributed by atoms with E-state index in [0.717, 1.165) is 11.6 Å². The molecule has 0 saturated heterocycles. The van der Waals surface area contributed by atoms with Crippen molar-refractivity contribution in [3.63, 3.8) is 0 Å². The molecule has 0 bridgehead atoms. The normalized spacial score (nSPS) is 22.5. The van der Waals surface area contributed by atoms with Gasteiger partial charge in [-0.3, -0.25) is 5.32 Å². The van der Waals surface area contributed by atoms with Gasteiger partial charge in [0, 0.05) is 17.3 Å². The van der Waals surface area contributed by atoms with Gasteiger partial charge in [-0.05, 0) is 49.4 Å². The van der Waals surface area contributed by atoms with Crippen molar-refractivity contribution in [1.82, 2.24) is 5.32 Å². The molecular formula is C12H15ClN2. The summed E-state index contributed by atoms with van der Waals surface area (Å²) in [6.07, 6.45) is 5.11. The van der Waals surface area contributed by atoms with Gasteiger partial charge in [0.25, 0.3) is 0 Å². The van der Waals surface area contributed by atoms with Crippen LogP contribution in [0.25, 0.3) is 0 Å². The Bertz CT molecular complexity index is 383. The van der Waals surface area contributed by atoms with Crippen LogP contribution < -0.4 is 10.6 Å². The highest BCUT2D eigenvalue weighted by atomic mass is 35.5. The van der Waals surface area contributed by atoms with Crippen LogP contribution in [0.15, 0.2) is 18.2 Å². The summed E-state index contributed by atoms with van der Waals surface area (Å²) in [5.41, 5.74) is 2.70. The molecule has 0 radical (unpaired) electrons. The van der Waals surface area contributed by atoms with E-state index in [1.807, 2.05) is 12.1 Å². The second kappa shape index (κ2) is 3.39. The van der Waals surface area contributed by atoms with Crippen molar-refractivity contribution >= 4 is 17.3 Å². The summed E-state index contributed by atoms with van der Waals surface area (Å²) in [5.74, 6) is 0. The van der Waals surface area contributed by atoms with E-state index >= 15 is 0 Å². The van der Waals surface area contributed by atoms with Gasteiger partial charge in [0.1, 0.15) is 0 Å². The molecule has 15 heavy (non-hydrogen) atoms. The second-order valence-corrected chi connectivity index (χ2v) is 5.01. The Hall–Kier alpha value is -0.730. The summed E-state index contributed by atoms with van der Waals surface area (Å²) in [6, 6.07) is 6.10. The lowest BCUT2D eigenvalue weighted by atomic mass is 10.0. The van der Waals surface area contributed by atoms with Crippen LogP contribution in [-0.2, 0) is 6.54 Å². The number of halogens is 1. The largest absolute Gasteiger partial charge is 0.367 e. The van der Waals surface area contributed by atoms with E-state index in [1.54, 1.807) is 0 Å². The fourth-order valence-electron chi connectivity index (χ4n) is 2.68. The van der Waals surface area contributed by atoms with Gasteiger partial charge in [-0.2, -0.15) is 0 Å². The van der Waals surface area contributed by atoms with Gasteiger partial charge in [0.15, 0.2) is 0 Å². The number of anilines is 1. The Morgan fingerprint density at radius 3 is 2.80 bits per heavy atom. The van der Waals surface area contributed by atoms with Crippen LogP contribution in [0.4, 0.5) is 5.69 Å². The maximum absolute atomic E-state index is 5.97. The Kier molecular flexibility index (Phi) is 2.15. The first-order valence-electron chi connectivity index (χ1n) is 5.59. The van der Waals surface area contributed by atoms with E-state index < -0.39 is 0 Å². The van der Waals surface area contributed by atoms with Crippen molar-refractivity contribution in [2.75, 3.05) is 5.32 Å². The smallest absolute Gasteiger partial charge is 0.0884 e. The molecule has 1 spiro atoms. The molecule has 1 fully saturated rings. The fraction of sp³-hybridized carbons (Fsp3) is 0.500. The van der Waals surface area contributed by atoms with Gasteiger partial charge in [-0.25, -0.2) is 0 Å². The minimum Gasteiger partial charge on any atom is -0.367 e. The molecule has 2 aliphatic rings. The van der Waals surface area contributed by atoms with Crippen molar-refractivity contribution < 1.29 is 0 Å². The van der Waals surface area contributed by atoms with E-state index in [1.165, 1.54) is 36.9 Å². The molecule has 1 aliphatic carbocycles. The zero-order valence-electron chi connectivity index (χ0n) is 8.65. The first kappa shape index (κ1) is 9.49. The lowest BCUT2D eigenvalue weighted by molar-refractivity contribution is 0.363. The van der Waals surface area contributed by atoms with E-state index in [9.17, 15) is 0 Å². The lowest BCUT2D eigenvalue weighted by Crippen LogP contribution is -2.52. The van der Waals surface area contributed by atoms with Gasteiger partial charge in [0.2, 0.25) is 0 Å². The quantitative estimate of drug-likeness (QED) is 0.705. The first-order chi connectivity index (χ1) is 7.27. The molecule has 0 unspecified atom stereocenters. The molecule has 0 aromatic heterocycles. The Balaban J connectivity index is 1.93. The Morgan fingerprint density at radius 2 is 2.00 bits per heavy atom. The number of rotatable bonds is 0. The lowest BCUT2D eigenvalue weighted by Gasteiger charge is -2.38. The third-order valence-corrected chi connectivity index (χ3v) is 3.75. The highest BCUT2D eigenvalue weighted by Gasteiger charge is 2.36. The maximum atomic E-state index is 5.97. The summed E-state index contributed by atoms with van der Waals surface area (Å²) in [4.78, 5) is 0.